The molecule has 0 aliphatic carbocycles. The van der Waals surface area contributed by atoms with E-state index in [1.165, 1.54) is 0 Å². The van der Waals surface area contributed by atoms with Crippen molar-refractivity contribution in [3.05, 3.63) is 60.8 Å². The maximum Gasteiger partial charge on any atom is 0.407 e. The molecule has 1 unspecified atom stereocenters. The Labute approximate surface area is 177 Å². The van der Waals surface area contributed by atoms with Gasteiger partial charge in [-0.15, -0.1) is 0 Å². The Balaban J connectivity index is 1.75. The van der Waals surface area contributed by atoms with Crippen LogP contribution >= 0.6 is 0 Å². The number of hydrogen-bond acceptors (Lipinski definition) is 4. The maximum absolute atomic E-state index is 11.9. The molecular weight excluding hydrogens is 378 g/mol. The number of alkyl carbamates (subject to hydrolysis) is 1. The standard InChI is InChI=1S/C24H29N3O3/c1-6-13-29-22-19(11-12-21-20(22)15-26-27-21)18-9-7-17(8-10-18)16(2)14-25-23(28)30-24(3,4)5/h6-12,15-16H,1,13-14H2,2-5H3,(H,25,28)(H,26,27). The summed E-state index contributed by atoms with van der Waals surface area (Å²) < 4.78 is 11.3. The van der Waals surface area contributed by atoms with Crippen LogP contribution in [0.5, 0.6) is 5.75 Å². The lowest BCUT2D eigenvalue weighted by atomic mass is 9.96. The predicted octanol–water partition coefficient (Wildman–Crippen LogP) is 5.42. The number of hydrogen-bond donors (Lipinski definition) is 2. The van der Waals surface area contributed by atoms with Crippen molar-refractivity contribution in [2.45, 2.75) is 39.2 Å². The second-order valence-electron chi connectivity index (χ2n) is 8.28. The van der Waals surface area contributed by atoms with E-state index in [4.69, 9.17) is 9.47 Å². The number of amides is 1. The minimum Gasteiger partial charge on any atom is -0.488 e. The summed E-state index contributed by atoms with van der Waals surface area (Å²) in [6, 6.07) is 12.3. The number of nitrogens with zero attached hydrogens (tertiary/aromatic N) is 1. The SMILES string of the molecule is C=CCOc1c(-c2ccc(C(C)CNC(=O)OC(C)(C)C)cc2)ccc2[nH]ncc12. The van der Waals surface area contributed by atoms with Gasteiger partial charge >= 0.3 is 6.09 Å². The predicted molar refractivity (Wildman–Crippen MR) is 120 cm³/mol. The zero-order chi connectivity index (χ0) is 21.7. The van der Waals surface area contributed by atoms with Crippen molar-refractivity contribution in [2.24, 2.45) is 0 Å². The first-order valence-electron chi connectivity index (χ1n) is 10.1. The van der Waals surface area contributed by atoms with E-state index in [-0.39, 0.29) is 5.92 Å². The summed E-state index contributed by atoms with van der Waals surface area (Å²) in [4.78, 5) is 11.9. The molecule has 1 aromatic heterocycles. The second-order valence-corrected chi connectivity index (χ2v) is 8.28. The van der Waals surface area contributed by atoms with Crippen LogP contribution in [0.15, 0.2) is 55.3 Å². The molecule has 0 bridgehead atoms. The summed E-state index contributed by atoms with van der Waals surface area (Å²) in [6.07, 6.45) is 3.10. The van der Waals surface area contributed by atoms with Crippen LogP contribution in [0.3, 0.4) is 0 Å². The second kappa shape index (κ2) is 9.03. The van der Waals surface area contributed by atoms with Crippen LogP contribution in [0, 0.1) is 0 Å². The van der Waals surface area contributed by atoms with E-state index in [1.807, 2.05) is 32.9 Å². The molecular formula is C24H29N3O3. The highest BCUT2D eigenvalue weighted by Gasteiger charge is 2.17. The first-order valence-corrected chi connectivity index (χ1v) is 10.1. The van der Waals surface area contributed by atoms with Crippen LogP contribution in [0.4, 0.5) is 4.79 Å². The van der Waals surface area contributed by atoms with Crippen LogP contribution in [-0.2, 0) is 4.74 Å². The monoisotopic (exact) mass is 407 g/mol. The third-order valence-corrected chi connectivity index (χ3v) is 4.66. The van der Waals surface area contributed by atoms with Gasteiger partial charge in [-0.25, -0.2) is 4.79 Å². The molecule has 30 heavy (non-hydrogen) atoms. The van der Waals surface area contributed by atoms with Crippen LogP contribution in [0.2, 0.25) is 0 Å². The zero-order valence-corrected chi connectivity index (χ0v) is 18.0. The van der Waals surface area contributed by atoms with Gasteiger partial charge in [-0.2, -0.15) is 5.10 Å². The zero-order valence-electron chi connectivity index (χ0n) is 18.0. The van der Waals surface area contributed by atoms with Gasteiger partial charge in [0.1, 0.15) is 18.0 Å². The molecule has 0 aliphatic heterocycles. The Morgan fingerprint density at radius 2 is 1.97 bits per heavy atom. The average molecular weight is 408 g/mol. The van der Waals surface area contributed by atoms with Crippen molar-refractivity contribution in [2.75, 3.05) is 13.2 Å². The van der Waals surface area contributed by atoms with Crippen molar-refractivity contribution in [3.8, 4) is 16.9 Å². The van der Waals surface area contributed by atoms with E-state index in [1.54, 1.807) is 12.3 Å². The van der Waals surface area contributed by atoms with Gasteiger partial charge in [0.2, 0.25) is 0 Å². The summed E-state index contributed by atoms with van der Waals surface area (Å²) in [5, 5.41) is 10.9. The van der Waals surface area contributed by atoms with Crippen molar-refractivity contribution < 1.29 is 14.3 Å². The molecule has 2 N–H and O–H groups in total. The van der Waals surface area contributed by atoms with Crippen LogP contribution in [0.1, 0.15) is 39.2 Å². The smallest absolute Gasteiger partial charge is 0.407 e. The van der Waals surface area contributed by atoms with E-state index in [0.717, 1.165) is 33.3 Å². The lowest BCUT2D eigenvalue weighted by Crippen LogP contribution is -2.34. The van der Waals surface area contributed by atoms with Gasteiger partial charge < -0.3 is 14.8 Å². The average Bonchev–Trinajstić information content (AvgIpc) is 3.18. The highest BCUT2D eigenvalue weighted by Crippen LogP contribution is 2.36. The van der Waals surface area contributed by atoms with Gasteiger partial charge in [0.05, 0.1) is 17.1 Å². The summed E-state index contributed by atoms with van der Waals surface area (Å²) >= 11 is 0. The third kappa shape index (κ3) is 5.20. The quantitative estimate of drug-likeness (QED) is 0.513. The molecule has 0 spiro atoms. The Hall–Kier alpha value is -3.28. The molecule has 6 nitrogen and oxygen atoms in total. The molecule has 0 radical (unpaired) electrons. The fraction of sp³-hybridized carbons (Fsp3) is 0.333. The Bertz CT molecular complexity index is 1020. The Morgan fingerprint density at radius 1 is 1.23 bits per heavy atom. The van der Waals surface area contributed by atoms with Crippen molar-refractivity contribution in [1.82, 2.24) is 15.5 Å². The summed E-state index contributed by atoms with van der Waals surface area (Å²) in [7, 11) is 0. The Morgan fingerprint density at radius 3 is 2.63 bits per heavy atom. The van der Waals surface area contributed by atoms with E-state index in [2.05, 4.69) is 53.3 Å². The number of fused-ring (bicyclic) bond motifs is 1. The summed E-state index contributed by atoms with van der Waals surface area (Å²) in [5.41, 5.74) is 3.60. The van der Waals surface area contributed by atoms with E-state index < -0.39 is 11.7 Å². The number of aromatic nitrogens is 2. The largest absolute Gasteiger partial charge is 0.488 e. The number of benzene rings is 2. The van der Waals surface area contributed by atoms with Crippen molar-refractivity contribution in [3.63, 3.8) is 0 Å². The first kappa shape index (κ1) is 21.4. The van der Waals surface area contributed by atoms with Crippen LogP contribution in [-0.4, -0.2) is 35.0 Å². The summed E-state index contributed by atoms with van der Waals surface area (Å²) in [5.74, 6) is 0.938. The van der Waals surface area contributed by atoms with Gasteiger partial charge in [-0.1, -0.05) is 43.8 Å². The topological polar surface area (TPSA) is 76.2 Å². The lowest BCUT2D eigenvalue weighted by molar-refractivity contribution is 0.0525. The molecule has 1 atom stereocenters. The van der Waals surface area contributed by atoms with Crippen molar-refractivity contribution >= 4 is 17.0 Å². The molecule has 0 aliphatic rings. The molecule has 0 saturated carbocycles. The summed E-state index contributed by atoms with van der Waals surface area (Å²) in [6.45, 7) is 12.3. The van der Waals surface area contributed by atoms with E-state index in [9.17, 15) is 4.79 Å². The van der Waals surface area contributed by atoms with Crippen LogP contribution < -0.4 is 10.1 Å². The van der Waals surface area contributed by atoms with Crippen molar-refractivity contribution in [1.29, 1.82) is 0 Å². The van der Waals surface area contributed by atoms with Gasteiger partial charge in [0.15, 0.2) is 0 Å². The molecule has 6 heteroatoms. The van der Waals surface area contributed by atoms with Gasteiger partial charge in [-0.3, -0.25) is 5.10 Å². The minimum absolute atomic E-state index is 0.152. The molecule has 3 aromatic rings. The molecule has 1 heterocycles. The number of carbonyl (C=O) groups is 1. The first-order chi connectivity index (χ1) is 14.3. The van der Waals surface area contributed by atoms with E-state index >= 15 is 0 Å². The highest BCUT2D eigenvalue weighted by atomic mass is 16.6. The maximum atomic E-state index is 11.9. The van der Waals surface area contributed by atoms with E-state index in [0.29, 0.717) is 13.2 Å². The number of carbonyl (C=O) groups excluding carboxylic acids is 1. The van der Waals surface area contributed by atoms with Gasteiger partial charge in [-0.05, 0) is 49.9 Å². The molecule has 3 rings (SSSR count). The third-order valence-electron chi connectivity index (χ3n) is 4.66. The fourth-order valence-electron chi connectivity index (χ4n) is 3.18. The number of aromatic amines is 1. The molecule has 0 fully saturated rings. The fourth-order valence-corrected chi connectivity index (χ4v) is 3.18. The molecule has 158 valence electrons. The molecule has 2 aromatic carbocycles. The number of H-pyrrole nitrogens is 1. The highest BCUT2D eigenvalue weighted by molar-refractivity contribution is 5.92. The number of nitrogens with one attached hydrogen (secondary N) is 2. The van der Waals surface area contributed by atoms with Gasteiger partial charge in [0.25, 0.3) is 0 Å². The number of rotatable bonds is 7. The minimum atomic E-state index is -0.504. The lowest BCUT2D eigenvalue weighted by Gasteiger charge is -2.21. The van der Waals surface area contributed by atoms with Gasteiger partial charge in [0, 0.05) is 12.1 Å². The Kier molecular flexibility index (Phi) is 6.45. The molecule has 0 saturated heterocycles. The number of ether oxygens (including phenoxy) is 2. The molecule has 1 amide bonds. The normalized spacial score (nSPS) is 12.4. The van der Waals surface area contributed by atoms with Crippen LogP contribution in [0.25, 0.3) is 22.0 Å².